The topological polar surface area (TPSA) is 61.6 Å². The number of rotatable bonds is 4. The van der Waals surface area contributed by atoms with E-state index in [1.807, 2.05) is 6.92 Å². The average molecular weight is 293 g/mol. The largest absolute Gasteiger partial charge is 0.460 e. The lowest BCUT2D eigenvalue weighted by molar-refractivity contribution is 0.0474. The van der Waals surface area contributed by atoms with E-state index in [-0.39, 0.29) is 18.1 Å². The Morgan fingerprint density at radius 1 is 1.29 bits per heavy atom. The first-order chi connectivity index (χ1) is 10.0. The lowest BCUT2D eigenvalue weighted by Gasteiger charge is -2.13. The Balaban J connectivity index is 1.93. The Morgan fingerprint density at radius 3 is 2.52 bits per heavy atom. The van der Waals surface area contributed by atoms with E-state index in [0.717, 1.165) is 18.5 Å². The Kier molecular flexibility index (Phi) is 3.78. The van der Waals surface area contributed by atoms with Gasteiger partial charge in [-0.05, 0) is 39.5 Å². The normalized spacial score (nSPS) is 32.4. The molecular weight excluding hydrogens is 270 g/mol. The van der Waals surface area contributed by atoms with Crippen LogP contribution < -0.4 is 0 Å². The van der Waals surface area contributed by atoms with Crippen molar-refractivity contribution in [2.24, 2.45) is 5.92 Å². The zero-order valence-corrected chi connectivity index (χ0v) is 13.1. The summed E-state index contributed by atoms with van der Waals surface area (Å²) in [7, 11) is 0. The number of hydrogen-bond acceptors (Lipinski definition) is 5. The zero-order chi connectivity index (χ0) is 15.1. The second-order valence-corrected chi connectivity index (χ2v) is 6.19. The molecule has 5 nitrogen and oxygen atoms in total. The molecule has 4 unspecified atom stereocenters. The Morgan fingerprint density at radius 2 is 2.00 bits per heavy atom. The van der Waals surface area contributed by atoms with Gasteiger partial charge in [-0.1, -0.05) is 6.92 Å². The number of hydrogen-bond donors (Lipinski definition) is 0. The van der Waals surface area contributed by atoms with Crippen LogP contribution in [0.1, 0.15) is 74.5 Å². The molecule has 0 bridgehead atoms. The summed E-state index contributed by atoms with van der Waals surface area (Å²) in [4.78, 5) is 16.7. The summed E-state index contributed by atoms with van der Waals surface area (Å²) in [5, 5.41) is 0. The highest BCUT2D eigenvalue weighted by atomic mass is 16.5. The molecule has 116 valence electrons. The molecule has 1 aromatic rings. The standard InChI is InChI=1S/C16H23NO4/c1-5-19-16(18)14-13(11-6-7-11)17-15(21-14)12-8(2)9(3)20-10(12)4/h8-12H,5-7H2,1-4H3. The third-order valence-corrected chi connectivity index (χ3v) is 4.62. The first-order valence-electron chi connectivity index (χ1n) is 7.86. The number of oxazole rings is 1. The third-order valence-electron chi connectivity index (χ3n) is 4.62. The predicted molar refractivity (Wildman–Crippen MR) is 76.3 cm³/mol. The van der Waals surface area contributed by atoms with E-state index in [9.17, 15) is 4.79 Å². The summed E-state index contributed by atoms with van der Waals surface area (Å²) < 4.78 is 16.8. The van der Waals surface area contributed by atoms with Gasteiger partial charge in [-0.3, -0.25) is 0 Å². The van der Waals surface area contributed by atoms with Crippen LogP contribution in [-0.4, -0.2) is 29.8 Å². The minimum Gasteiger partial charge on any atom is -0.460 e. The van der Waals surface area contributed by atoms with Gasteiger partial charge in [0.25, 0.3) is 0 Å². The summed E-state index contributed by atoms with van der Waals surface area (Å²) in [6, 6.07) is 0. The van der Waals surface area contributed by atoms with Gasteiger partial charge in [-0.25, -0.2) is 9.78 Å². The monoisotopic (exact) mass is 293 g/mol. The van der Waals surface area contributed by atoms with Crippen molar-refractivity contribution in [1.29, 1.82) is 0 Å². The summed E-state index contributed by atoms with van der Waals surface area (Å²) >= 11 is 0. The molecule has 0 N–H and O–H groups in total. The van der Waals surface area contributed by atoms with Crippen LogP contribution in [0.3, 0.4) is 0 Å². The van der Waals surface area contributed by atoms with Gasteiger partial charge in [-0.2, -0.15) is 0 Å². The van der Waals surface area contributed by atoms with Crippen LogP contribution >= 0.6 is 0 Å². The van der Waals surface area contributed by atoms with E-state index in [2.05, 4.69) is 18.8 Å². The van der Waals surface area contributed by atoms with Crippen LogP contribution in [0.25, 0.3) is 0 Å². The molecule has 2 fully saturated rings. The van der Waals surface area contributed by atoms with E-state index < -0.39 is 5.97 Å². The average Bonchev–Trinajstić information content (AvgIpc) is 3.13. The summed E-state index contributed by atoms with van der Waals surface area (Å²) in [5.74, 6) is 1.30. The minimum atomic E-state index is -0.398. The maximum absolute atomic E-state index is 12.1. The van der Waals surface area contributed by atoms with Gasteiger partial charge in [0.15, 0.2) is 0 Å². The molecule has 1 saturated heterocycles. The summed E-state index contributed by atoms with van der Waals surface area (Å²) in [6.07, 6.45) is 2.37. The van der Waals surface area contributed by atoms with Gasteiger partial charge in [0, 0.05) is 5.92 Å². The van der Waals surface area contributed by atoms with E-state index in [4.69, 9.17) is 13.9 Å². The number of aromatic nitrogens is 1. The predicted octanol–water partition coefficient (Wildman–Crippen LogP) is 3.26. The highest BCUT2D eigenvalue weighted by molar-refractivity contribution is 5.87. The van der Waals surface area contributed by atoms with Gasteiger partial charge in [-0.15, -0.1) is 0 Å². The van der Waals surface area contributed by atoms with Crippen LogP contribution in [-0.2, 0) is 9.47 Å². The molecule has 2 aliphatic rings. The van der Waals surface area contributed by atoms with Gasteiger partial charge in [0.2, 0.25) is 11.7 Å². The quantitative estimate of drug-likeness (QED) is 0.797. The smallest absolute Gasteiger partial charge is 0.376 e. The fourth-order valence-corrected chi connectivity index (χ4v) is 3.16. The molecule has 3 rings (SSSR count). The number of ether oxygens (including phenoxy) is 2. The van der Waals surface area contributed by atoms with E-state index in [1.54, 1.807) is 6.92 Å². The molecule has 0 spiro atoms. The molecule has 5 heteroatoms. The highest BCUT2D eigenvalue weighted by Gasteiger charge is 2.43. The van der Waals surface area contributed by atoms with Crippen LogP contribution in [0, 0.1) is 5.92 Å². The van der Waals surface area contributed by atoms with E-state index in [1.165, 1.54) is 0 Å². The Labute approximate surface area is 125 Å². The van der Waals surface area contributed by atoms with E-state index in [0.29, 0.717) is 30.1 Å². The molecule has 1 aliphatic carbocycles. The molecule has 1 aliphatic heterocycles. The van der Waals surface area contributed by atoms with Crippen LogP contribution in [0.4, 0.5) is 0 Å². The van der Waals surface area contributed by atoms with Crippen molar-refractivity contribution in [2.75, 3.05) is 6.61 Å². The van der Waals surface area contributed by atoms with Crippen molar-refractivity contribution in [3.8, 4) is 0 Å². The molecule has 0 amide bonds. The molecule has 0 radical (unpaired) electrons. The number of esters is 1. The maximum atomic E-state index is 12.1. The Hall–Kier alpha value is -1.36. The first-order valence-corrected chi connectivity index (χ1v) is 7.86. The lowest BCUT2D eigenvalue weighted by atomic mass is 9.89. The molecule has 1 aromatic heterocycles. The van der Waals surface area contributed by atoms with Crippen molar-refractivity contribution in [3.63, 3.8) is 0 Å². The maximum Gasteiger partial charge on any atom is 0.376 e. The van der Waals surface area contributed by atoms with E-state index >= 15 is 0 Å². The molecule has 4 atom stereocenters. The van der Waals surface area contributed by atoms with Gasteiger partial charge in [0.1, 0.15) is 0 Å². The van der Waals surface area contributed by atoms with Crippen molar-refractivity contribution in [1.82, 2.24) is 4.98 Å². The van der Waals surface area contributed by atoms with Crippen molar-refractivity contribution in [3.05, 3.63) is 17.3 Å². The second kappa shape index (κ2) is 5.44. The molecule has 2 heterocycles. The van der Waals surface area contributed by atoms with Crippen LogP contribution in [0.2, 0.25) is 0 Å². The number of carbonyl (C=O) groups is 1. The Bertz CT molecular complexity index is 534. The van der Waals surface area contributed by atoms with Gasteiger partial charge < -0.3 is 13.9 Å². The zero-order valence-electron chi connectivity index (χ0n) is 13.1. The molecular formula is C16H23NO4. The van der Waals surface area contributed by atoms with Crippen molar-refractivity contribution >= 4 is 5.97 Å². The molecule has 0 aromatic carbocycles. The molecule has 1 saturated carbocycles. The highest BCUT2D eigenvalue weighted by Crippen LogP contribution is 2.45. The summed E-state index contributed by atoms with van der Waals surface area (Å²) in [6.45, 7) is 8.38. The molecule has 21 heavy (non-hydrogen) atoms. The fourth-order valence-electron chi connectivity index (χ4n) is 3.16. The SMILES string of the molecule is CCOC(=O)c1oc(C2C(C)OC(C)C2C)nc1C1CC1. The van der Waals surface area contributed by atoms with Crippen LogP contribution in [0.15, 0.2) is 4.42 Å². The van der Waals surface area contributed by atoms with Gasteiger partial charge in [0.05, 0.1) is 30.4 Å². The van der Waals surface area contributed by atoms with Crippen molar-refractivity contribution in [2.45, 2.75) is 64.6 Å². The summed E-state index contributed by atoms with van der Waals surface area (Å²) in [5.41, 5.74) is 0.780. The first kappa shape index (κ1) is 14.6. The van der Waals surface area contributed by atoms with Crippen LogP contribution in [0.5, 0.6) is 0 Å². The van der Waals surface area contributed by atoms with Gasteiger partial charge >= 0.3 is 5.97 Å². The van der Waals surface area contributed by atoms with Crippen molar-refractivity contribution < 1.29 is 18.7 Å². The second-order valence-electron chi connectivity index (χ2n) is 6.19. The number of nitrogens with zero attached hydrogens (tertiary/aromatic N) is 1. The number of carbonyl (C=O) groups excluding carboxylic acids is 1. The third kappa shape index (κ3) is 2.59. The minimum absolute atomic E-state index is 0.0516. The lowest BCUT2D eigenvalue weighted by Crippen LogP contribution is -2.15. The fraction of sp³-hybridized carbons (Fsp3) is 0.750.